The number of aryl methyl sites for hydroxylation is 2. The molecule has 2 rings (SSSR count). The van der Waals surface area contributed by atoms with Crippen molar-refractivity contribution in [3.8, 4) is 0 Å². The molecule has 102 valence electrons. The predicted molar refractivity (Wildman–Crippen MR) is 72.2 cm³/mol. The van der Waals surface area contributed by atoms with E-state index < -0.39 is 5.60 Å². The molecule has 18 heavy (non-hydrogen) atoms. The molecule has 1 heterocycles. The molecule has 0 aliphatic heterocycles. The van der Waals surface area contributed by atoms with Crippen LogP contribution in [0.2, 0.25) is 0 Å². The molecular weight excluding hydrogens is 226 g/mol. The highest BCUT2D eigenvalue weighted by Crippen LogP contribution is 2.31. The van der Waals surface area contributed by atoms with Gasteiger partial charge >= 0.3 is 0 Å². The molecule has 1 saturated carbocycles. The summed E-state index contributed by atoms with van der Waals surface area (Å²) in [6, 6.07) is 2.08. The van der Waals surface area contributed by atoms with Crippen molar-refractivity contribution in [2.75, 3.05) is 6.54 Å². The van der Waals surface area contributed by atoms with Crippen LogP contribution in [-0.4, -0.2) is 27.0 Å². The molecule has 0 unspecified atom stereocenters. The summed E-state index contributed by atoms with van der Waals surface area (Å²) in [6.45, 7) is 5.73. The van der Waals surface area contributed by atoms with Crippen LogP contribution in [0.1, 0.15) is 44.0 Å². The third kappa shape index (κ3) is 3.33. The largest absolute Gasteiger partial charge is 0.389 e. The molecule has 0 amide bonds. The summed E-state index contributed by atoms with van der Waals surface area (Å²) in [5, 5.41) is 18.1. The van der Waals surface area contributed by atoms with Crippen molar-refractivity contribution in [3.05, 3.63) is 17.5 Å². The van der Waals surface area contributed by atoms with E-state index in [0.29, 0.717) is 6.54 Å². The Morgan fingerprint density at radius 3 is 2.72 bits per heavy atom. The first kappa shape index (κ1) is 13.6. The third-order valence-corrected chi connectivity index (χ3v) is 4.06. The van der Waals surface area contributed by atoms with E-state index in [1.54, 1.807) is 0 Å². The fraction of sp³-hybridized carbons (Fsp3) is 0.786. The molecule has 0 radical (unpaired) electrons. The average molecular weight is 251 g/mol. The number of hydrogen-bond acceptors (Lipinski definition) is 3. The van der Waals surface area contributed by atoms with Crippen molar-refractivity contribution in [2.45, 2.75) is 51.7 Å². The molecule has 0 atom stereocenters. The molecule has 0 aromatic carbocycles. The summed E-state index contributed by atoms with van der Waals surface area (Å²) < 4.78 is 1.90. The van der Waals surface area contributed by atoms with Crippen LogP contribution in [0.15, 0.2) is 6.07 Å². The maximum atomic E-state index is 10.5. The molecule has 1 aliphatic rings. The van der Waals surface area contributed by atoms with Crippen LogP contribution < -0.4 is 5.32 Å². The molecule has 0 spiro atoms. The Morgan fingerprint density at radius 2 is 2.17 bits per heavy atom. The smallest absolute Gasteiger partial charge is 0.0771 e. The summed E-state index contributed by atoms with van der Waals surface area (Å²) in [7, 11) is 1.96. The number of nitrogens with one attached hydrogen (secondary N) is 1. The second-order valence-corrected chi connectivity index (χ2v) is 5.91. The molecule has 1 aliphatic carbocycles. The van der Waals surface area contributed by atoms with Crippen LogP contribution in [0.5, 0.6) is 0 Å². The zero-order chi connectivity index (χ0) is 13.2. The quantitative estimate of drug-likeness (QED) is 0.857. The zero-order valence-corrected chi connectivity index (χ0v) is 11.7. The van der Waals surface area contributed by atoms with E-state index in [0.717, 1.165) is 43.8 Å². The van der Waals surface area contributed by atoms with Gasteiger partial charge in [-0.25, -0.2) is 0 Å². The first-order valence-corrected chi connectivity index (χ1v) is 6.91. The highest BCUT2D eigenvalue weighted by molar-refractivity contribution is 5.08. The Morgan fingerprint density at radius 1 is 1.50 bits per heavy atom. The minimum Gasteiger partial charge on any atom is -0.389 e. The summed E-state index contributed by atoms with van der Waals surface area (Å²) in [5.41, 5.74) is 1.71. The van der Waals surface area contributed by atoms with Gasteiger partial charge in [0.25, 0.3) is 0 Å². The number of hydrogen-bond donors (Lipinski definition) is 2. The molecule has 4 nitrogen and oxygen atoms in total. The summed E-state index contributed by atoms with van der Waals surface area (Å²) in [6.07, 6.45) is 4.13. The fourth-order valence-electron chi connectivity index (χ4n) is 2.73. The Kier molecular flexibility index (Phi) is 4.07. The molecule has 1 fully saturated rings. The Balaban J connectivity index is 1.80. The lowest BCUT2D eigenvalue weighted by Crippen LogP contribution is -2.43. The number of aromatic nitrogens is 2. The van der Waals surface area contributed by atoms with Gasteiger partial charge in [-0.05, 0) is 44.6 Å². The van der Waals surface area contributed by atoms with Gasteiger partial charge in [0, 0.05) is 20.1 Å². The first-order valence-electron chi connectivity index (χ1n) is 6.91. The second kappa shape index (κ2) is 5.41. The average Bonchev–Trinajstić information content (AvgIpc) is 2.62. The van der Waals surface area contributed by atoms with Crippen molar-refractivity contribution in [2.24, 2.45) is 13.0 Å². The van der Waals surface area contributed by atoms with E-state index >= 15 is 0 Å². The third-order valence-electron chi connectivity index (χ3n) is 4.06. The maximum absolute atomic E-state index is 10.5. The first-order chi connectivity index (χ1) is 8.48. The van der Waals surface area contributed by atoms with Gasteiger partial charge in [0.2, 0.25) is 0 Å². The van der Waals surface area contributed by atoms with Crippen molar-refractivity contribution in [1.29, 1.82) is 0 Å². The maximum Gasteiger partial charge on any atom is 0.0771 e. The number of rotatable bonds is 4. The monoisotopic (exact) mass is 251 g/mol. The zero-order valence-electron chi connectivity index (χ0n) is 11.7. The Labute approximate surface area is 109 Å². The topological polar surface area (TPSA) is 50.1 Å². The lowest BCUT2D eigenvalue weighted by atomic mass is 9.79. The van der Waals surface area contributed by atoms with E-state index in [4.69, 9.17) is 0 Å². The number of nitrogens with zero attached hydrogens (tertiary/aromatic N) is 2. The minimum absolute atomic E-state index is 0.500. The number of aliphatic hydroxyl groups is 1. The minimum atomic E-state index is -0.500. The Bertz CT molecular complexity index is 392. The molecule has 0 saturated heterocycles. The SMILES string of the molecule is Cc1cc(CNCC2(O)CCC(C)CC2)n(C)n1. The van der Waals surface area contributed by atoms with Crippen LogP contribution in [0, 0.1) is 12.8 Å². The van der Waals surface area contributed by atoms with E-state index in [2.05, 4.69) is 23.4 Å². The summed E-state index contributed by atoms with van der Waals surface area (Å²) in [4.78, 5) is 0. The van der Waals surface area contributed by atoms with E-state index in [1.807, 2.05) is 18.7 Å². The van der Waals surface area contributed by atoms with Crippen LogP contribution >= 0.6 is 0 Å². The standard InChI is InChI=1S/C14H25N3O/c1-11-4-6-14(18,7-5-11)10-15-9-13-8-12(2)16-17(13)3/h8,11,15,18H,4-7,9-10H2,1-3H3. The normalized spacial score (nSPS) is 28.6. The van der Waals surface area contributed by atoms with E-state index in [9.17, 15) is 5.11 Å². The van der Waals surface area contributed by atoms with Crippen molar-refractivity contribution in [3.63, 3.8) is 0 Å². The van der Waals surface area contributed by atoms with Crippen LogP contribution in [-0.2, 0) is 13.6 Å². The molecular formula is C14H25N3O. The predicted octanol–water partition coefficient (Wildman–Crippen LogP) is 1.76. The van der Waals surface area contributed by atoms with Gasteiger partial charge in [-0.1, -0.05) is 6.92 Å². The van der Waals surface area contributed by atoms with Gasteiger partial charge in [0.1, 0.15) is 0 Å². The van der Waals surface area contributed by atoms with E-state index in [-0.39, 0.29) is 0 Å². The fourth-order valence-corrected chi connectivity index (χ4v) is 2.73. The highest BCUT2D eigenvalue weighted by atomic mass is 16.3. The van der Waals surface area contributed by atoms with Crippen molar-refractivity contribution in [1.82, 2.24) is 15.1 Å². The highest BCUT2D eigenvalue weighted by Gasteiger charge is 2.31. The Hall–Kier alpha value is -0.870. The second-order valence-electron chi connectivity index (χ2n) is 5.91. The van der Waals surface area contributed by atoms with Crippen molar-refractivity contribution >= 4 is 0 Å². The van der Waals surface area contributed by atoms with Crippen molar-refractivity contribution < 1.29 is 5.11 Å². The van der Waals surface area contributed by atoms with Crippen LogP contribution in [0.3, 0.4) is 0 Å². The van der Waals surface area contributed by atoms with Gasteiger partial charge in [-0.15, -0.1) is 0 Å². The molecule has 1 aromatic heterocycles. The van der Waals surface area contributed by atoms with Gasteiger partial charge in [0.05, 0.1) is 17.0 Å². The van der Waals surface area contributed by atoms with Crippen LogP contribution in [0.25, 0.3) is 0 Å². The van der Waals surface area contributed by atoms with Gasteiger partial charge < -0.3 is 10.4 Å². The van der Waals surface area contributed by atoms with Gasteiger partial charge in [0.15, 0.2) is 0 Å². The van der Waals surface area contributed by atoms with Crippen LogP contribution in [0.4, 0.5) is 0 Å². The molecule has 1 aromatic rings. The summed E-state index contributed by atoms with van der Waals surface area (Å²) >= 11 is 0. The molecule has 4 heteroatoms. The lowest BCUT2D eigenvalue weighted by molar-refractivity contribution is -0.00640. The molecule has 2 N–H and O–H groups in total. The molecule has 0 bridgehead atoms. The van der Waals surface area contributed by atoms with Gasteiger partial charge in [-0.3, -0.25) is 4.68 Å². The van der Waals surface area contributed by atoms with Gasteiger partial charge in [-0.2, -0.15) is 5.10 Å². The lowest BCUT2D eigenvalue weighted by Gasteiger charge is -2.35. The summed E-state index contributed by atoms with van der Waals surface area (Å²) in [5.74, 6) is 0.769. The van der Waals surface area contributed by atoms with E-state index in [1.165, 1.54) is 5.69 Å².